The number of aromatic nitrogens is 1. The van der Waals surface area contributed by atoms with Crippen molar-refractivity contribution >= 4 is 16.8 Å². The summed E-state index contributed by atoms with van der Waals surface area (Å²) in [4.78, 5) is 19.5. The van der Waals surface area contributed by atoms with Gasteiger partial charge in [-0.05, 0) is 48.9 Å². The van der Waals surface area contributed by atoms with Crippen molar-refractivity contribution in [1.82, 2.24) is 9.88 Å². The molecule has 0 bridgehead atoms. The fraction of sp³-hybridized carbons (Fsp3) is 0.360. The van der Waals surface area contributed by atoms with Gasteiger partial charge in [-0.1, -0.05) is 30.3 Å². The first-order valence-electron chi connectivity index (χ1n) is 10.7. The molecule has 1 aliphatic heterocycles. The van der Waals surface area contributed by atoms with E-state index in [2.05, 4.69) is 4.98 Å². The van der Waals surface area contributed by atoms with Crippen LogP contribution >= 0.6 is 0 Å². The quantitative estimate of drug-likeness (QED) is 0.702. The van der Waals surface area contributed by atoms with E-state index in [9.17, 15) is 9.90 Å². The lowest BCUT2D eigenvalue weighted by Crippen LogP contribution is -2.42. The molecule has 1 aliphatic carbocycles. The van der Waals surface area contributed by atoms with Gasteiger partial charge >= 0.3 is 0 Å². The number of hydrogen-bond acceptors (Lipinski definition) is 5. The van der Waals surface area contributed by atoms with E-state index in [0.717, 1.165) is 10.9 Å². The van der Waals surface area contributed by atoms with Crippen LogP contribution in [-0.2, 0) is 0 Å². The molecule has 1 saturated heterocycles. The van der Waals surface area contributed by atoms with E-state index in [-0.39, 0.29) is 17.9 Å². The van der Waals surface area contributed by atoms with Gasteiger partial charge in [0.05, 0.1) is 24.3 Å². The third kappa shape index (κ3) is 3.83. The number of benzene rings is 2. The highest BCUT2D eigenvalue weighted by Gasteiger charge is 2.44. The number of ether oxygens (including phenoxy) is 2. The zero-order chi connectivity index (χ0) is 21.4. The summed E-state index contributed by atoms with van der Waals surface area (Å²) in [5, 5.41) is 11.7. The molecule has 0 radical (unpaired) electrons. The van der Waals surface area contributed by atoms with Crippen molar-refractivity contribution in [1.29, 1.82) is 0 Å². The second-order valence-electron chi connectivity index (χ2n) is 8.49. The van der Waals surface area contributed by atoms with E-state index in [1.165, 1.54) is 0 Å². The molecule has 2 aliphatic rings. The van der Waals surface area contributed by atoms with Crippen LogP contribution in [0.1, 0.15) is 23.2 Å². The lowest BCUT2D eigenvalue weighted by atomic mass is 9.78. The first-order valence-corrected chi connectivity index (χ1v) is 10.7. The van der Waals surface area contributed by atoms with Crippen molar-refractivity contribution < 1.29 is 19.4 Å². The van der Waals surface area contributed by atoms with Crippen molar-refractivity contribution in [3.05, 3.63) is 66.4 Å². The van der Waals surface area contributed by atoms with Gasteiger partial charge in [-0.25, -0.2) is 0 Å². The van der Waals surface area contributed by atoms with Crippen LogP contribution in [0.15, 0.2) is 60.8 Å². The standard InChI is InChI=1S/C25H26N2O4/c1-30-22-8-4-5-9-23(22)31-24-12-19-15-27(14-18(19)11-21(24)28)25(29)17-10-16-6-2-3-7-20(16)26-13-17/h2-10,13,18-19,21,24,28H,11-12,14-15H2,1H3/t18-,19+,21+,24+/m0/s1. The molecular weight excluding hydrogens is 392 g/mol. The molecule has 1 amide bonds. The van der Waals surface area contributed by atoms with E-state index < -0.39 is 6.10 Å². The number of aliphatic hydroxyl groups excluding tert-OH is 1. The number of carbonyl (C=O) groups excluding carboxylic acids is 1. The predicted molar refractivity (Wildman–Crippen MR) is 117 cm³/mol. The molecule has 1 N–H and O–H groups in total. The molecule has 1 aromatic heterocycles. The Hall–Kier alpha value is -3.12. The molecule has 0 spiro atoms. The van der Waals surface area contributed by atoms with Crippen LogP contribution in [0.3, 0.4) is 0 Å². The van der Waals surface area contributed by atoms with Gasteiger partial charge in [-0.15, -0.1) is 0 Å². The lowest BCUT2D eigenvalue weighted by Gasteiger charge is -2.35. The molecule has 3 aromatic rings. The molecule has 2 heterocycles. The highest BCUT2D eigenvalue weighted by atomic mass is 16.5. The van der Waals surface area contributed by atoms with Crippen molar-refractivity contribution in [3.8, 4) is 11.5 Å². The minimum absolute atomic E-state index is 0.00402. The van der Waals surface area contributed by atoms with Crippen LogP contribution in [-0.4, -0.2) is 53.3 Å². The summed E-state index contributed by atoms with van der Waals surface area (Å²) in [6.07, 6.45) is 2.13. The van der Waals surface area contributed by atoms with Crippen molar-refractivity contribution in [2.75, 3.05) is 20.2 Å². The van der Waals surface area contributed by atoms with Crippen LogP contribution in [0, 0.1) is 11.8 Å². The summed E-state index contributed by atoms with van der Waals surface area (Å²) in [5.41, 5.74) is 1.49. The number of hydrogen-bond donors (Lipinski definition) is 1. The highest BCUT2D eigenvalue weighted by Crippen LogP contribution is 2.39. The number of pyridine rings is 1. The van der Waals surface area contributed by atoms with Crippen molar-refractivity contribution in [2.24, 2.45) is 11.8 Å². The summed E-state index contributed by atoms with van der Waals surface area (Å²) in [6.45, 7) is 1.34. The average Bonchev–Trinajstić information content (AvgIpc) is 3.21. The highest BCUT2D eigenvalue weighted by molar-refractivity contribution is 5.97. The van der Waals surface area contributed by atoms with Crippen LogP contribution in [0.5, 0.6) is 11.5 Å². The third-order valence-corrected chi connectivity index (χ3v) is 6.56. The van der Waals surface area contributed by atoms with Crippen molar-refractivity contribution in [2.45, 2.75) is 25.0 Å². The second-order valence-corrected chi connectivity index (χ2v) is 8.49. The summed E-state index contributed by atoms with van der Waals surface area (Å²) >= 11 is 0. The SMILES string of the molecule is COc1ccccc1O[C@@H]1C[C@@H]2CN(C(=O)c3cnc4ccccc4c3)C[C@@H]2C[C@H]1O. The summed E-state index contributed by atoms with van der Waals surface area (Å²) in [7, 11) is 1.61. The molecule has 6 nitrogen and oxygen atoms in total. The predicted octanol–water partition coefficient (Wildman–Crippen LogP) is 3.53. The fourth-order valence-electron chi connectivity index (χ4n) is 4.93. The van der Waals surface area contributed by atoms with E-state index in [1.807, 2.05) is 59.5 Å². The van der Waals surface area contributed by atoms with Crippen LogP contribution in [0.4, 0.5) is 0 Å². The largest absolute Gasteiger partial charge is 0.493 e. The Bertz CT molecular complexity index is 1100. The van der Waals surface area contributed by atoms with Crippen molar-refractivity contribution in [3.63, 3.8) is 0 Å². The van der Waals surface area contributed by atoms with E-state index >= 15 is 0 Å². The molecule has 4 atom stereocenters. The molecule has 2 aromatic carbocycles. The second kappa shape index (κ2) is 8.19. The van der Waals surface area contributed by atoms with Crippen LogP contribution < -0.4 is 9.47 Å². The molecule has 1 saturated carbocycles. The molecule has 160 valence electrons. The zero-order valence-electron chi connectivity index (χ0n) is 17.5. The van der Waals surface area contributed by atoms with Gasteiger partial charge in [0, 0.05) is 24.7 Å². The number of carbonyl (C=O) groups is 1. The van der Waals surface area contributed by atoms with Gasteiger partial charge in [-0.2, -0.15) is 0 Å². The first-order chi connectivity index (χ1) is 15.1. The number of para-hydroxylation sites is 3. The molecule has 31 heavy (non-hydrogen) atoms. The van der Waals surface area contributed by atoms with Gasteiger partial charge in [-0.3, -0.25) is 9.78 Å². The average molecular weight is 418 g/mol. The van der Waals surface area contributed by atoms with Gasteiger partial charge in [0.2, 0.25) is 0 Å². The number of nitrogens with zero attached hydrogens (tertiary/aromatic N) is 2. The van der Waals surface area contributed by atoms with Gasteiger partial charge in [0.1, 0.15) is 6.10 Å². The van der Waals surface area contributed by atoms with E-state index in [4.69, 9.17) is 9.47 Å². The maximum absolute atomic E-state index is 13.1. The maximum atomic E-state index is 13.1. The topological polar surface area (TPSA) is 71.9 Å². The Labute approximate surface area is 181 Å². The Kier molecular flexibility index (Phi) is 5.24. The van der Waals surface area contributed by atoms with Crippen LogP contribution in [0.25, 0.3) is 10.9 Å². The third-order valence-electron chi connectivity index (χ3n) is 6.56. The Morgan fingerprint density at radius 2 is 1.74 bits per heavy atom. The number of rotatable bonds is 4. The molecule has 2 fully saturated rings. The maximum Gasteiger partial charge on any atom is 0.255 e. The Morgan fingerprint density at radius 3 is 2.55 bits per heavy atom. The molecular formula is C25H26N2O4. The molecule has 6 heteroatoms. The number of methoxy groups -OCH3 is 1. The Balaban J connectivity index is 1.29. The normalized spacial score (nSPS) is 25.3. The van der Waals surface area contributed by atoms with E-state index in [0.29, 0.717) is 48.9 Å². The summed E-state index contributed by atoms with van der Waals surface area (Å²) in [5.74, 6) is 1.89. The lowest BCUT2D eigenvalue weighted by molar-refractivity contribution is -0.0240. The minimum atomic E-state index is -0.566. The fourth-order valence-corrected chi connectivity index (χ4v) is 4.93. The van der Waals surface area contributed by atoms with Gasteiger partial charge < -0.3 is 19.5 Å². The number of likely N-dealkylation sites (tertiary alicyclic amines) is 1. The smallest absolute Gasteiger partial charge is 0.255 e. The molecule has 5 rings (SSSR count). The van der Waals surface area contributed by atoms with E-state index in [1.54, 1.807) is 13.3 Å². The summed E-state index contributed by atoms with van der Waals surface area (Å²) < 4.78 is 11.5. The monoisotopic (exact) mass is 418 g/mol. The number of amides is 1. The number of fused-ring (bicyclic) bond motifs is 2. The van der Waals surface area contributed by atoms with Gasteiger partial charge in [0.15, 0.2) is 11.5 Å². The first kappa shape index (κ1) is 19.8. The summed E-state index contributed by atoms with van der Waals surface area (Å²) in [6, 6.07) is 17.2. The van der Waals surface area contributed by atoms with Gasteiger partial charge in [0.25, 0.3) is 5.91 Å². The minimum Gasteiger partial charge on any atom is -0.493 e. The van der Waals surface area contributed by atoms with Crippen LogP contribution in [0.2, 0.25) is 0 Å². The molecule has 0 unspecified atom stereocenters. The Morgan fingerprint density at radius 1 is 1.03 bits per heavy atom. The number of aliphatic hydroxyl groups is 1. The zero-order valence-corrected chi connectivity index (χ0v) is 17.5.